The molecule has 4 bridgehead atoms. The summed E-state index contributed by atoms with van der Waals surface area (Å²) in [5, 5.41) is 0. The maximum absolute atomic E-state index is 13.0. The molecule has 1 unspecified atom stereocenters. The van der Waals surface area contributed by atoms with Crippen LogP contribution in [0.3, 0.4) is 0 Å². The summed E-state index contributed by atoms with van der Waals surface area (Å²) in [5.74, 6) is 1.12. The zero-order valence-electron chi connectivity index (χ0n) is 21.4. The molecule has 1 aromatic carbocycles. The predicted octanol–water partition coefficient (Wildman–Crippen LogP) is 4.21. The first-order valence-electron chi connectivity index (χ1n) is 13.6. The van der Waals surface area contributed by atoms with Crippen molar-refractivity contribution in [3.8, 4) is 0 Å². The average molecular weight is 494 g/mol. The van der Waals surface area contributed by atoms with E-state index in [4.69, 9.17) is 9.47 Å². The van der Waals surface area contributed by atoms with Gasteiger partial charge in [0.25, 0.3) is 0 Å². The normalized spacial score (nSPS) is 25.6. The largest absolute Gasteiger partial charge is 0.466 e. The van der Waals surface area contributed by atoms with Gasteiger partial charge in [0.05, 0.1) is 19.1 Å². The fourth-order valence-electron chi connectivity index (χ4n) is 6.10. The van der Waals surface area contributed by atoms with Crippen LogP contribution in [-0.2, 0) is 20.9 Å². The molecule has 4 aliphatic rings. The molecule has 0 spiro atoms. The lowest BCUT2D eigenvalue weighted by Crippen LogP contribution is -2.52. The van der Waals surface area contributed by atoms with E-state index in [-0.39, 0.29) is 18.1 Å². The van der Waals surface area contributed by atoms with E-state index in [1.807, 2.05) is 42.2 Å². The number of hydrogen-bond donors (Lipinski definition) is 0. The number of ether oxygens (including phenoxy) is 2. The molecule has 1 aromatic rings. The Hall–Kier alpha value is -2.80. The van der Waals surface area contributed by atoms with E-state index in [1.54, 1.807) is 0 Å². The quantitative estimate of drug-likeness (QED) is 0.506. The van der Waals surface area contributed by atoms with Gasteiger partial charge in [0.15, 0.2) is 0 Å². The molecule has 0 N–H and O–H groups in total. The minimum atomic E-state index is -0.191. The Morgan fingerprint density at radius 2 is 1.83 bits per heavy atom. The molecule has 3 fully saturated rings. The molecule has 36 heavy (non-hydrogen) atoms. The van der Waals surface area contributed by atoms with E-state index >= 15 is 0 Å². The van der Waals surface area contributed by atoms with Crippen molar-refractivity contribution in [3.05, 3.63) is 59.3 Å². The third kappa shape index (κ3) is 5.77. The topological polar surface area (TPSA) is 62.3 Å². The first-order valence-corrected chi connectivity index (χ1v) is 13.6. The molecule has 2 saturated heterocycles. The van der Waals surface area contributed by atoms with Crippen molar-refractivity contribution < 1.29 is 19.1 Å². The van der Waals surface area contributed by atoms with Crippen LogP contribution in [0.25, 0.3) is 0 Å². The molecule has 1 amide bonds. The van der Waals surface area contributed by atoms with Crippen LogP contribution in [0.1, 0.15) is 44.6 Å². The highest BCUT2D eigenvalue weighted by Gasteiger charge is 2.43. The first kappa shape index (κ1) is 24.9. The van der Waals surface area contributed by atoms with Crippen LogP contribution in [0.15, 0.2) is 53.8 Å². The zero-order chi connectivity index (χ0) is 24.9. The number of esters is 1. The molecule has 194 valence electrons. The van der Waals surface area contributed by atoms with Gasteiger partial charge >= 0.3 is 12.1 Å². The average Bonchev–Trinajstić information content (AvgIpc) is 2.93. The summed E-state index contributed by atoms with van der Waals surface area (Å²) in [7, 11) is 0. The Balaban J connectivity index is 1.16. The number of allylic oxidation sites excluding steroid dienone is 2. The van der Waals surface area contributed by atoms with Gasteiger partial charge in [-0.25, -0.2) is 4.79 Å². The number of amides is 1. The van der Waals surface area contributed by atoms with E-state index in [1.165, 1.54) is 11.3 Å². The van der Waals surface area contributed by atoms with Crippen LogP contribution >= 0.6 is 0 Å². The number of nitrogens with zero attached hydrogens (tertiary/aromatic N) is 3. The number of hydrogen-bond acceptors (Lipinski definition) is 6. The highest BCUT2D eigenvalue weighted by atomic mass is 16.6. The smallest absolute Gasteiger partial charge is 0.410 e. The summed E-state index contributed by atoms with van der Waals surface area (Å²) >= 11 is 0. The molecule has 0 radical (unpaired) electrons. The fourth-order valence-corrected chi connectivity index (χ4v) is 6.10. The third-order valence-corrected chi connectivity index (χ3v) is 8.14. The van der Waals surface area contributed by atoms with Gasteiger partial charge in [0, 0.05) is 45.0 Å². The van der Waals surface area contributed by atoms with Crippen molar-refractivity contribution in [3.63, 3.8) is 0 Å². The van der Waals surface area contributed by atoms with E-state index in [2.05, 4.69) is 22.0 Å². The van der Waals surface area contributed by atoms with Crippen molar-refractivity contribution in [2.75, 3.05) is 45.9 Å². The van der Waals surface area contributed by atoms with Crippen molar-refractivity contribution in [2.24, 2.45) is 11.8 Å². The molecule has 2 aliphatic heterocycles. The van der Waals surface area contributed by atoms with Crippen LogP contribution in [0.5, 0.6) is 0 Å². The van der Waals surface area contributed by atoms with Gasteiger partial charge in [-0.2, -0.15) is 0 Å². The molecular formula is C29H39N3O4. The Morgan fingerprint density at radius 3 is 2.61 bits per heavy atom. The Kier molecular flexibility index (Phi) is 7.95. The van der Waals surface area contributed by atoms with Crippen LogP contribution in [0.2, 0.25) is 0 Å². The number of piperazine rings is 1. The molecule has 3 atom stereocenters. The molecule has 7 heteroatoms. The Labute approximate surface area is 214 Å². The number of likely N-dealkylation sites (tertiary alicyclic amines) is 1. The predicted molar refractivity (Wildman–Crippen MR) is 138 cm³/mol. The Morgan fingerprint density at radius 1 is 1.03 bits per heavy atom. The van der Waals surface area contributed by atoms with Crippen LogP contribution in [0, 0.1) is 11.8 Å². The maximum atomic E-state index is 13.0. The van der Waals surface area contributed by atoms with E-state index in [9.17, 15) is 9.59 Å². The molecular weight excluding hydrogens is 454 g/mol. The number of fused-ring (bicyclic) bond motifs is 6. The molecule has 0 aromatic heterocycles. The van der Waals surface area contributed by atoms with Crippen molar-refractivity contribution >= 4 is 12.1 Å². The summed E-state index contributed by atoms with van der Waals surface area (Å²) in [6, 6.07) is 10.0. The zero-order valence-corrected chi connectivity index (χ0v) is 21.4. The number of benzene rings is 1. The summed E-state index contributed by atoms with van der Waals surface area (Å²) in [6.45, 7) is 8.23. The molecule has 2 aliphatic carbocycles. The van der Waals surface area contributed by atoms with Crippen molar-refractivity contribution in [1.82, 2.24) is 14.7 Å². The minimum absolute atomic E-state index is 0.0924. The molecule has 7 nitrogen and oxygen atoms in total. The second-order valence-electron chi connectivity index (χ2n) is 10.5. The third-order valence-electron chi connectivity index (χ3n) is 8.14. The second kappa shape index (κ2) is 11.5. The lowest BCUT2D eigenvalue weighted by molar-refractivity contribution is -0.144. The van der Waals surface area contributed by atoms with E-state index in [0.717, 1.165) is 70.5 Å². The van der Waals surface area contributed by atoms with Gasteiger partial charge < -0.3 is 19.3 Å². The SMILES string of the molecule is CCCOC(=O)CCN1CCN(C2=CC3CC(=C2)[C@@H]2C[C@H]3CCN2C(=O)OCc2ccccc2)CC1. The molecule has 2 heterocycles. The van der Waals surface area contributed by atoms with Gasteiger partial charge in [-0.1, -0.05) is 43.3 Å². The molecule has 1 saturated carbocycles. The van der Waals surface area contributed by atoms with Crippen molar-refractivity contribution in [2.45, 2.75) is 51.7 Å². The number of piperidine rings is 1. The number of carbonyl (C=O) groups is 2. The van der Waals surface area contributed by atoms with Gasteiger partial charge in [-0.3, -0.25) is 9.69 Å². The van der Waals surface area contributed by atoms with E-state index in [0.29, 0.717) is 31.5 Å². The number of carbonyl (C=O) groups excluding carboxylic acids is 2. The summed E-state index contributed by atoms with van der Waals surface area (Å²) in [4.78, 5) is 31.7. The lowest BCUT2D eigenvalue weighted by Gasteiger charge is -2.49. The summed E-state index contributed by atoms with van der Waals surface area (Å²) < 4.78 is 10.9. The number of rotatable bonds is 8. The Bertz CT molecular complexity index is 983. The summed E-state index contributed by atoms with van der Waals surface area (Å²) in [6.07, 6.45) is 9.12. The minimum Gasteiger partial charge on any atom is -0.466 e. The highest BCUT2D eigenvalue weighted by molar-refractivity contribution is 5.69. The summed E-state index contributed by atoms with van der Waals surface area (Å²) in [5.41, 5.74) is 3.72. The van der Waals surface area contributed by atoms with Crippen LogP contribution in [0.4, 0.5) is 4.79 Å². The van der Waals surface area contributed by atoms with Crippen LogP contribution in [-0.4, -0.2) is 78.7 Å². The maximum Gasteiger partial charge on any atom is 0.410 e. The standard InChI is InChI=1S/C29H39N3O4/c1-2-16-35-28(33)9-10-30-12-14-31(15-13-30)26-18-24-17-25(19-26)27-20-23(24)8-11-32(27)29(34)36-21-22-6-4-3-5-7-22/h3-7,18-19,23-24,27H,2,8-17,20-21H2,1H3/t23-,24?,27+/m1/s1. The first-order chi connectivity index (χ1) is 17.6. The van der Waals surface area contributed by atoms with Crippen LogP contribution < -0.4 is 0 Å². The monoisotopic (exact) mass is 493 g/mol. The highest BCUT2D eigenvalue weighted by Crippen LogP contribution is 2.46. The second-order valence-corrected chi connectivity index (χ2v) is 10.5. The van der Waals surface area contributed by atoms with Crippen molar-refractivity contribution in [1.29, 1.82) is 0 Å². The molecule has 5 rings (SSSR count). The van der Waals surface area contributed by atoms with Gasteiger partial charge in [-0.15, -0.1) is 0 Å². The fraction of sp³-hybridized carbons (Fsp3) is 0.586. The van der Waals surface area contributed by atoms with Gasteiger partial charge in [0.1, 0.15) is 6.61 Å². The van der Waals surface area contributed by atoms with E-state index < -0.39 is 0 Å². The van der Waals surface area contributed by atoms with Gasteiger partial charge in [0.2, 0.25) is 0 Å². The lowest BCUT2D eigenvalue weighted by atomic mass is 9.67. The van der Waals surface area contributed by atoms with Gasteiger partial charge in [-0.05, 0) is 54.7 Å².